The third-order valence-corrected chi connectivity index (χ3v) is 5.87. The molecule has 1 fully saturated rings. The van der Waals surface area contributed by atoms with Crippen LogP contribution in [0.15, 0.2) is 11.2 Å². The van der Waals surface area contributed by atoms with E-state index in [4.69, 9.17) is 11.6 Å². The maximum atomic E-state index is 12.1. The van der Waals surface area contributed by atoms with Crippen LogP contribution >= 0.6 is 34.7 Å². The fraction of sp³-hybridized carbons (Fsp3) is 0.533. The van der Waals surface area contributed by atoms with E-state index < -0.39 is 0 Å². The fourth-order valence-corrected chi connectivity index (χ4v) is 4.80. The van der Waals surface area contributed by atoms with Gasteiger partial charge in [-0.05, 0) is 25.3 Å². The van der Waals surface area contributed by atoms with Gasteiger partial charge in [-0.15, -0.1) is 11.3 Å². The van der Waals surface area contributed by atoms with E-state index in [0.29, 0.717) is 16.1 Å². The first-order valence-corrected chi connectivity index (χ1v) is 9.72. The van der Waals surface area contributed by atoms with Crippen molar-refractivity contribution in [3.05, 3.63) is 16.1 Å². The second-order valence-corrected chi connectivity index (χ2v) is 7.77. The van der Waals surface area contributed by atoms with Crippen LogP contribution in [0.5, 0.6) is 0 Å². The van der Waals surface area contributed by atoms with Crippen LogP contribution in [-0.2, 0) is 11.2 Å². The third kappa shape index (κ3) is 3.55. The molecular formula is C15H18ClN3OS2. The summed E-state index contributed by atoms with van der Waals surface area (Å²) < 4.78 is 0. The van der Waals surface area contributed by atoms with Crippen molar-refractivity contribution in [2.24, 2.45) is 0 Å². The Kier molecular flexibility index (Phi) is 5.21. The molecule has 0 spiro atoms. The van der Waals surface area contributed by atoms with Gasteiger partial charge in [0.1, 0.15) is 9.98 Å². The lowest BCUT2D eigenvalue weighted by Gasteiger charge is -2.14. The van der Waals surface area contributed by atoms with Crippen LogP contribution in [0.4, 0.5) is 0 Å². The average molecular weight is 356 g/mol. The summed E-state index contributed by atoms with van der Waals surface area (Å²) in [5, 5.41) is 2.00. The smallest absolute Gasteiger partial charge is 0.233 e. The summed E-state index contributed by atoms with van der Waals surface area (Å²) in [5.41, 5.74) is 0. The highest BCUT2D eigenvalue weighted by molar-refractivity contribution is 7.99. The highest BCUT2D eigenvalue weighted by Crippen LogP contribution is 2.31. The normalized spacial score (nSPS) is 14.9. The Hall–Kier alpha value is -0.850. The zero-order valence-electron chi connectivity index (χ0n) is 12.5. The Morgan fingerprint density at radius 2 is 2.18 bits per heavy atom. The van der Waals surface area contributed by atoms with Gasteiger partial charge in [-0.2, -0.15) is 0 Å². The molecule has 0 bridgehead atoms. The average Bonchev–Trinajstić information content (AvgIpc) is 3.14. The Balaban J connectivity index is 1.72. The lowest BCUT2D eigenvalue weighted by Crippen LogP contribution is -2.29. The van der Waals surface area contributed by atoms with Gasteiger partial charge in [0, 0.05) is 23.4 Å². The Labute approximate surface area is 143 Å². The van der Waals surface area contributed by atoms with Crippen molar-refractivity contribution < 1.29 is 4.79 Å². The lowest BCUT2D eigenvalue weighted by molar-refractivity contribution is -0.127. The number of aromatic nitrogens is 2. The van der Waals surface area contributed by atoms with Crippen molar-refractivity contribution in [1.82, 2.24) is 14.9 Å². The molecule has 0 N–H and O–H groups in total. The van der Waals surface area contributed by atoms with Crippen LogP contribution < -0.4 is 0 Å². The standard InChI is InChI=1S/C15H18ClN3OS2/c1-2-5-10-8-11-13(16)17-15(18-14(11)22-10)21-9-12(20)19-6-3-4-7-19/h8H,2-7,9H2,1H3. The SMILES string of the molecule is CCCc1cc2c(Cl)nc(SCC(=O)N3CCCC3)nc2s1. The second-order valence-electron chi connectivity index (χ2n) is 5.36. The molecule has 1 amide bonds. The van der Waals surface area contributed by atoms with Crippen LogP contribution in [0, 0.1) is 0 Å². The molecule has 0 atom stereocenters. The maximum Gasteiger partial charge on any atom is 0.233 e. The van der Waals surface area contributed by atoms with Gasteiger partial charge in [0.2, 0.25) is 5.91 Å². The van der Waals surface area contributed by atoms with E-state index in [0.717, 1.165) is 49.0 Å². The van der Waals surface area contributed by atoms with Gasteiger partial charge in [0.05, 0.1) is 5.75 Å². The van der Waals surface area contributed by atoms with Crippen molar-refractivity contribution in [1.29, 1.82) is 0 Å². The van der Waals surface area contributed by atoms with Crippen molar-refractivity contribution >= 4 is 50.8 Å². The first-order valence-electron chi connectivity index (χ1n) is 7.54. The van der Waals surface area contributed by atoms with E-state index >= 15 is 0 Å². The molecule has 1 saturated heterocycles. The Bertz CT molecular complexity index is 683. The molecule has 2 aromatic heterocycles. The zero-order chi connectivity index (χ0) is 15.5. The van der Waals surface area contributed by atoms with Gasteiger partial charge in [-0.25, -0.2) is 9.97 Å². The van der Waals surface area contributed by atoms with Crippen LogP contribution in [-0.4, -0.2) is 39.6 Å². The van der Waals surface area contributed by atoms with Gasteiger partial charge in [-0.1, -0.05) is 36.7 Å². The summed E-state index contributed by atoms with van der Waals surface area (Å²) in [6.45, 7) is 3.92. The topological polar surface area (TPSA) is 46.1 Å². The molecular weight excluding hydrogens is 338 g/mol. The molecule has 0 aliphatic carbocycles. The summed E-state index contributed by atoms with van der Waals surface area (Å²) in [4.78, 5) is 25.1. The number of aryl methyl sites for hydroxylation is 1. The molecule has 0 saturated carbocycles. The summed E-state index contributed by atoms with van der Waals surface area (Å²) in [7, 11) is 0. The lowest BCUT2D eigenvalue weighted by atomic mass is 10.3. The number of thiophene rings is 1. The van der Waals surface area contributed by atoms with E-state index in [-0.39, 0.29) is 5.91 Å². The van der Waals surface area contributed by atoms with Crippen LogP contribution in [0.3, 0.4) is 0 Å². The van der Waals surface area contributed by atoms with Gasteiger partial charge < -0.3 is 4.90 Å². The van der Waals surface area contributed by atoms with Crippen LogP contribution in [0.25, 0.3) is 10.2 Å². The predicted molar refractivity (Wildman–Crippen MR) is 93.0 cm³/mol. The highest BCUT2D eigenvalue weighted by atomic mass is 35.5. The molecule has 0 aromatic carbocycles. The Morgan fingerprint density at radius 3 is 2.91 bits per heavy atom. The number of fused-ring (bicyclic) bond motifs is 1. The number of amides is 1. The number of carbonyl (C=O) groups excluding carboxylic acids is 1. The number of halogens is 1. The summed E-state index contributed by atoms with van der Waals surface area (Å²) >= 11 is 9.31. The highest BCUT2D eigenvalue weighted by Gasteiger charge is 2.19. The number of hydrogen-bond acceptors (Lipinski definition) is 5. The largest absolute Gasteiger partial charge is 0.342 e. The van der Waals surface area contributed by atoms with Crippen molar-refractivity contribution in [2.75, 3.05) is 18.8 Å². The first-order chi connectivity index (χ1) is 10.7. The van der Waals surface area contributed by atoms with E-state index in [9.17, 15) is 4.79 Å². The molecule has 0 radical (unpaired) electrons. The molecule has 2 aromatic rings. The molecule has 0 unspecified atom stereocenters. The number of rotatable bonds is 5. The molecule has 118 valence electrons. The van der Waals surface area contributed by atoms with Gasteiger partial charge in [0.15, 0.2) is 5.16 Å². The molecule has 4 nitrogen and oxygen atoms in total. The van der Waals surface area contributed by atoms with Crippen molar-refractivity contribution in [2.45, 2.75) is 37.8 Å². The van der Waals surface area contributed by atoms with E-state index in [1.54, 1.807) is 11.3 Å². The van der Waals surface area contributed by atoms with Crippen LogP contribution in [0.1, 0.15) is 31.1 Å². The minimum absolute atomic E-state index is 0.167. The number of carbonyl (C=O) groups is 1. The number of likely N-dealkylation sites (tertiary alicyclic amines) is 1. The third-order valence-electron chi connectivity index (χ3n) is 3.66. The molecule has 22 heavy (non-hydrogen) atoms. The van der Waals surface area contributed by atoms with E-state index in [1.807, 2.05) is 4.90 Å². The Morgan fingerprint density at radius 1 is 1.41 bits per heavy atom. The quantitative estimate of drug-likeness (QED) is 0.462. The van der Waals surface area contributed by atoms with Crippen molar-refractivity contribution in [3.63, 3.8) is 0 Å². The summed E-state index contributed by atoms with van der Waals surface area (Å²) in [5.74, 6) is 0.551. The van der Waals surface area contributed by atoms with Gasteiger partial charge in [-0.3, -0.25) is 4.79 Å². The van der Waals surface area contributed by atoms with Crippen LogP contribution in [0.2, 0.25) is 5.15 Å². The maximum absolute atomic E-state index is 12.1. The van der Waals surface area contributed by atoms with E-state index in [2.05, 4.69) is 23.0 Å². The van der Waals surface area contributed by atoms with Gasteiger partial charge in [0.25, 0.3) is 0 Å². The predicted octanol–water partition coefficient (Wildman–Crippen LogP) is 4.01. The molecule has 7 heteroatoms. The fourth-order valence-electron chi connectivity index (χ4n) is 2.54. The molecule has 1 aliphatic rings. The summed E-state index contributed by atoms with van der Waals surface area (Å²) in [6.07, 6.45) is 4.36. The first kappa shape index (κ1) is 16.0. The summed E-state index contributed by atoms with van der Waals surface area (Å²) in [6, 6.07) is 2.08. The monoisotopic (exact) mass is 355 g/mol. The van der Waals surface area contributed by atoms with Gasteiger partial charge >= 0.3 is 0 Å². The number of hydrogen-bond donors (Lipinski definition) is 0. The zero-order valence-corrected chi connectivity index (χ0v) is 14.9. The second kappa shape index (κ2) is 7.15. The molecule has 3 heterocycles. The van der Waals surface area contributed by atoms with Crippen molar-refractivity contribution in [3.8, 4) is 0 Å². The molecule has 3 rings (SSSR count). The van der Waals surface area contributed by atoms with E-state index in [1.165, 1.54) is 16.6 Å². The number of thioether (sulfide) groups is 1. The molecule has 1 aliphatic heterocycles. The minimum Gasteiger partial charge on any atom is -0.342 e. The minimum atomic E-state index is 0.167. The number of nitrogens with zero attached hydrogens (tertiary/aromatic N) is 3.